The van der Waals surface area contributed by atoms with Gasteiger partial charge in [-0.05, 0) is 30.7 Å². The molecule has 0 N–H and O–H groups in total. The number of hydrogen-bond donors (Lipinski definition) is 0. The van der Waals surface area contributed by atoms with Crippen LogP contribution in [0, 0.1) is 6.92 Å². The zero-order valence-corrected chi connectivity index (χ0v) is 8.87. The van der Waals surface area contributed by atoms with Crippen molar-refractivity contribution in [1.29, 1.82) is 0 Å². The van der Waals surface area contributed by atoms with E-state index in [-0.39, 0.29) is 5.82 Å². The summed E-state index contributed by atoms with van der Waals surface area (Å²) >= 11 is 4.74. The van der Waals surface area contributed by atoms with E-state index in [9.17, 15) is 8.78 Å². The van der Waals surface area contributed by atoms with Crippen LogP contribution in [0.3, 0.4) is 0 Å². The van der Waals surface area contributed by atoms with Crippen LogP contribution in [0.1, 0.15) is 11.6 Å². The van der Waals surface area contributed by atoms with Gasteiger partial charge in [-0.15, -0.1) is 0 Å². The average molecular weight is 246 g/mol. The fraction of sp³-hybridized carbons (Fsp3) is 0.222. The predicted octanol–water partition coefficient (Wildman–Crippen LogP) is 2.73. The van der Waals surface area contributed by atoms with Crippen molar-refractivity contribution in [3.8, 4) is 11.4 Å². The minimum atomic E-state index is -3.65. The standard InChI is InChI=1S/C9H6ClF2N3O/c1-5-2-3-6(4-13-5)7-14-8(16-15-7)9(10,11)12/h2-4H,1H3. The molecule has 4 nitrogen and oxygen atoms in total. The second-order valence-electron chi connectivity index (χ2n) is 3.11. The first kappa shape index (κ1) is 10.9. The number of aryl methyl sites for hydroxylation is 1. The maximum absolute atomic E-state index is 12.6. The van der Waals surface area contributed by atoms with Crippen LogP contribution in [0.15, 0.2) is 22.9 Å². The Morgan fingerprint density at radius 1 is 1.38 bits per heavy atom. The highest BCUT2D eigenvalue weighted by Gasteiger charge is 2.35. The summed E-state index contributed by atoms with van der Waals surface area (Å²) < 4.78 is 29.5. The number of nitrogens with zero attached hydrogens (tertiary/aromatic N) is 3. The lowest BCUT2D eigenvalue weighted by molar-refractivity contribution is 0.0551. The Balaban J connectivity index is 2.35. The molecule has 0 radical (unpaired) electrons. The summed E-state index contributed by atoms with van der Waals surface area (Å²) in [5, 5.41) is -0.257. The molecule has 2 rings (SSSR count). The number of hydrogen-bond acceptors (Lipinski definition) is 4. The molecule has 0 unspecified atom stereocenters. The van der Waals surface area contributed by atoms with Gasteiger partial charge in [-0.2, -0.15) is 13.8 Å². The van der Waals surface area contributed by atoms with Crippen molar-refractivity contribution < 1.29 is 13.3 Å². The van der Waals surface area contributed by atoms with Crippen LogP contribution in [-0.4, -0.2) is 15.1 Å². The average Bonchev–Trinajstić information content (AvgIpc) is 2.67. The summed E-state index contributed by atoms with van der Waals surface area (Å²) in [5.41, 5.74) is 1.29. The second kappa shape index (κ2) is 3.79. The maximum atomic E-state index is 12.6. The Morgan fingerprint density at radius 3 is 2.62 bits per heavy atom. The van der Waals surface area contributed by atoms with Crippen LogP contribution in [0.2, 0.25) is 0 Å². The molecule has 0 aromatic carbocycles. The highest BCUT2D eigenvalue weighted by Crippen LogP contribution is 2.31. The number of pyridine rings is 1. The van der Waals surface area contributed by atoms with Crippen LogP contribution in [-0.2, 0) is 5.38 Å². The molecule has 0 fully saturated rings. The Morgan fingerprint density at radius 2 is 2.12 bits per heavy atom. The van der Waals surface area contributed by atoms with Crippen molar-refractivity contribution in [2.24, 2.45) is 0 Å². The van der Waals surface area contributed by atoms with E-state index in [4.69, 9.17) is 11.6 Å². The van der Waals surface area contributed by atoms with Gasteiger partial charge in [0.05, 0.1) is 0 Å². The summed E-state index contributed by atoms with van der Waals surface area (Å²) in [6.07, 6.45) is 1.47. The zero-order chi connectivity index (χ0) is 11.8. The van der Waals surface area contributed by atoms with Crippen LogP contribution < -0.4 is 0 Å². The van der Waals surface area contributed by atoms with Crippen molar-refractivity contribution in [2.45, 2.75) is 12.3 Å². The van der Waals surface area contributed by atoms with Gasteiger partial charge >= 0.3 is 11.3 Å². The van der Waals surface area contributed by atoms with Gasteiger partial charge in [0.2, 0.25) is 5.82 Å². The van der Waals surface area contributed by atoms with E-state index < -0.39 is 11.3 Å². The van der Waals surface area contributed by atoms with E-state index in [0.717, 1.165) is 5.69 Å². The van der Waals surface area contributed by atoms with Crippen LogP contribution >= 0.6 is 11.6 Å². The maximum Gasteiger partial charge on any atom is 0.400 e. The van der Waals surface area contributed by atoms with Crippen molar-refractivity contribution in [1.82, 2.24) is 15.1 Å². The van der Waals surface area contributed by atoms with Gasteiger partial charge in [-0.3, -0.25) is 4.98 Å². The highest BCUT2D eigenvalue weighted by atomic mass is 35.5. The molecule has 0 aliphatic heterocycles. The van der Waals surface area contributed by atoms with E-state index in [1.165, 1.54) is 6.20 Å². The molecular formula is C9H6ClF2N3O. The first-order chi connectivity index (χ1) is 7.47. The van der Waals surface area contributed by atoms with Gasteiger partial charge in [0, 0.05) is 17.5 Å². The minimum absolute atomic E-state index is 0.0304. The minimum Gasteiger partial charge on any atom is -0.331 e. The quantitative estimate of drug-likeness (QED) is 0.764. The fourth-order valence-corrected chi connectivity index (χ4v) is 1.13. The molecule has 7 heteroatoms. The summed E-state index contributed by atoms with van der Waals surface area (Å²) in [6.45, 7) is 1.80. The Hall–Kier alpha value is -1.56. The molecule has 0 saturated heterocycles. The van der Waals surface area contributed by atoms with Gasteiger partial charge < -0.3 is 4.52 Å². The molecule has 2 aromatic rings. The van der Waals surface area contributed by atoms with Crippen molar-refractivity contribution in [2.75, 3.05) is 0 Å². The van der Waals surface area contributed by atoms with Gasteiger partial charge in [-0.1, -0.05) is 5.16 Å². The zero-order valence-electron chi connectivity index (χ0n) is 8.12. The van der Waals surface area contributed by atoms with Gasteiger partial charge in [0.25, 0.3) is 0 Å². The van der Waals surface area contributed by atoms with Crippen molar-refractivity contribution in [3.63, 3.8) is 0 Å². The summed E-state index contributed by atoms with van der Waals surface area (Å²) in [4.78, 5) is 7.47. The Bertz CT molecular complexity index is 492. The molecule has 0 amide bonds. The topological polar surface area (TPSA) is 51.8 Å². The van der Waals surface area contributed by atoms with Crippen molar-refractivity contribution in [3.05, 3.63) is 29.9 Å². The summed E-state index contributed by atoms with van der Waals surface area (Å²) in [7, 11) is 0. The first-order valence-electron chi connectivity index (χ1n) is 4.31. The van der Waals surface area contributed by atoms with E-state index >= 15 is 0 Å². The molecule has 0 atom stereocenters. The lowest BCUT2D eigenvalue weighted by Gasteiger charge is -1.98. The summed E-state index contributed by atoms with van der Waals surface area (Å²) in [6, 6.07) is 3.37. The molecule has 16 heavy (non-hydrogen) atoms. The third-order valence-electron chi connectivity index (χ3n) is 1.84. The normalized spacial score (nSPS) is 11.8. The Kier molecular flexibility index (Phi) is 2.59. The fourth-order valence-electron chi connectivity index (χ4n) is 1.06. The SMILES string of the molecule is Cc1ccc(-c2noc(C(F)(F)Cl)n2)cn1. The molecule has 2 aromatic heterocycles. The largest absolute Gasteiger partial charge is 0.400 e. The van der Waals surface area contributed by atoms with Crippen molar-refractivity contribution >= 4 is 11.6 Å². The smallest absolute Gasteiger partial charge is 0.331 e. The van der Waals surface area contributed by atoms with Crippen LogP contribution in [0.4, 0.5) is 8.78 Å². The molecule has 0 aliphatic rings. The van der Waals surface area contributed by atoms with E-state index in [1.54, 1.807) is 19.1 Å². The third kappa shape index (κ3) is 2.16. The number of aromatic nitrogens is 3. The van der Waals surface area contributed by atoms with Crippen LogP contribution in [0.25, 0.3) is 11.4 Å². The lowest BCUT2D eigenvalue weighted by Crippen LogP contribution is -2.03. The molecule has 2 heterocycles. The van der Waals surface area contributed by atoms with Gasteiger partial charge in [0.15, 0.2) is 0 Å². The third-order valence-corrected chi connectivity index (χ3v) is 2.00. The molecule has 0 bridgehead atoms. The molecule has 84 valence electrons. The van der Waals surface area contributed by atoms with Crippen LogP contribution in [0.5, 0.6) is 0 Å². The van der Waals surface area contributed by atoms with Gasteiger partial charge in [-0.25, -0.2) is 0 Å². The number of alkyl halides is 3. The highest BCUT2D eigenvalue weighted by molar-refractivity contribution is 6.21. The Labute approximate surface area is 94.3 Å². The second-order valence-corrected chi connectivity index (χ2v) is 3.58. The monoisotopic (exact) mass is 245 g/mol. The number of rotatable bonds is 2. The molecular weight excluding hydrogens is 240 g/mol. The summed E-state index contributed by atoms with van der Waals surface area (Å²) in [5.74, 6) is -0.896. The van der Waals surface area contributed by atoms with Gasteiger partial charge in [0.1, 0.15) is 0 Å². The molecule has 0 aliphatic carbocycles. The van der Waals surface area contributed by atoms with E-state index in [1.807, 2.05) is 0 Å². The lowest BCUT2D eigenvalue weighted by atomic mass is 10.2. The molecule has 0 spiro atoms. The first-order valence-corrected chi connectivity index (χ1v) is 4.68. The number of halogens is 3. The molecule has 0 saturated carbocycles. The predicted molar refractivity (Wildman–Crippen MR) is 52.0 cm³/mol. The van der Waals surface area contributed by atoms with E-state index in [2.05, 4.69) is 19.6 Å². The van der Waals surface area contributed by atoms with E-state index in [0.29, 0.717) is 5.56 Å².